The molecule has 0 amide bonds. The molecule has 7 heteroatoms. The molecule has 3 aliphatic rings. The summed E-state index contributed by atoms with van der Waals surface area (Å²) in [7, 11) is 0. The number of hydrogen-bond donors (Lipinski definition) is 4. The maximum absolute atomic E-state index is 14.7. The number of piperidine rings is 1. The Morgan fingerprint density at radius 3 is 2.39 bits per heavy atom. The van der Waals surface area contributed by atoms with E-state index in [1.807, 2.05) is 4.90 Å². The molecule has 1 heterocycles. The predicted molar refractivity (Wildman–Crippen MR) is 117 cm³/mol. The number of unbranched alkanes of at least 4 members (excludes halogenated alkanes) is 2. The van der Waals surface area contributed by atoms with Gasteiger partial charge < -0.3 is 25.2 Å². The van der Waals surface area contributed by atoms with Gasteiger partial charge in [-0.2, -0.15) is 0 Å². The summed E-state index contributed by atoms with van der Waals surface area (Å²) < 4.78 is 20.6. The molecule has 3 fully saturated rings. The van der Waals surface area contributed by atoms with Crippen molar-refractivity contribution in [3.8, 4) is 0 Å². The van der Waals surface area contributed by atoms with Gasteiger partial charge in [0.05, 0.1) is 18.8 Å². The van der Waals surface area contributed by atoms with E-state index >= 15 is 0 Å². The number of nitrogens with zero attached hydrogens (tertiary/aromatic N) is 1. The predicted octanol–water partition coefficient (Wildman–Crippen LogP) is 2.27. The molecule has 3 rings (SSSR count). The van der Waals surface area contributed by atoms with Crippen molar-refractivity contribution in [2.45, 2.75) is 101 Å². The molecule has 0 bridgehead atoms. The van der Waals surface area contributed by atoms with Crippen LogP contribution in [0.2, 0.25) is 0 Å². The third kappa shape index (κ3) is 7.08. The molecule has 4 N–H and O–H groups in total. The smallest absolute Gasteiger partial charge is 0.109 e. The maximum Gasteiger partial charge on any atom is 0.109 e. The summed E-state index contributed by atoms with van der Waals surface area (Å²) in [4.78, 5) is 1.86. The summed E-state index contributed by atoms with van der Waals surface area (Å²) in [5.41, 5.74) is 0. The zero-order chi connectivity index (χ0) is 22.2. The maximum atomic E-state index is 14.7. The van der Waals surface area contributed by atoms with Gasteiger partial charge in [-0.05, 0) is 62.8 Å². The zero-order valence-electron chi connectivity index (χ0n) is 19.0. The van der Waals surface area contributed by atoms with Crippen molar-refractivity contribution in [1.82, 2.24) is 4.90 Å². The van der Waals surface area contributed by atoms with Crippen LogP contribution in [0, 0.1) is 17.8 Å². The summed E-state index contributed by atoms with van der Waals surface area (Å²) in [6, 6.07) is -0.535. The van der Waals surface area contributed by atoms with Crippen molar-refractivity contribution >= 4 is 0 Å². The largest absolute Gasteiger partial charge is 0.395 e. The molecule has 3 unspecified atom stereocenters. The van der Waals surface area contributed by atoms with Gasteiger partial charge in [-0.15, -0.1) is 0 Å². The number of likely N-dealkylation sites (tertiary alicyclic amines) is 1. The summed E-state index contributed by atoms with van der Waals surface area (Å²) in [6.07, 6.45) is 7.86. The van der Waals surface area contributed by atoms with Gasteiger partial charge in [0.15, 0.2) is 0 Å². The van der Waals surface area contributed by atoms with E-state index in [1.54, 1.807) is 0 Å². The topological polar surface area (TPSA) is 93.4 Å². The summed E-state index contributed by atoms with van der Waals surface area (Å²) in [5.74, 6) is 1.25. The van der Waals surface area contributed by atoms with E-state index in [-0.39, 0.29) is 19.1 Å². The SMILES string of the molecule is OC[C@@H]1[C@@H](O)[C@H](O)[C@@H](O)CN1CCCCCOCC1CCC(C2CCCCC2)C(F)C1. The van der Waals surface area contributed by atoms with Crippen LogP contribution in [-0.2, 0) is 4.74 Å². The lowest BCUT2D eigenvalue weighted by Gasteiger charge is -2.43. The number of halogens is 1. The van der Waals surface area contributed by atoms with E-state index in [4.69, 9.17) is 4.74 Å². The fourth-order valence-electron chi connectivity index (χ4n) is 6.05. The van der Waals surface area contributed by atoms with E-state index in [0.717, 1.165) is 32.1 Å². The molecular formula is C24H44FNO5. The molecule has 0 aromatic heterocycles. The lowest BCUT2D eigenvalue weighted by Crippen LogP contribution is -2.62. The molecule has 2 aliphatic carbocycles. The Kier molecular flexibility index (Phi) is 10.5. The van der Waals surface area contributed by atoms with Crippen molar-refractivity contribution in [3.63, 3.8) is 0 Å². The van der Waals surface area contributed by atoms with Crippen LogP contribution in [0.4, 0.5) is 4.39 Å². The molecule has 1 aliphatic heterocycles. The average molecular weight is 446 g/mol. The molecule has 1 saturated heterocycles. The highest BCUT2D eigenvalue weighted by atomic mass is 19.1. The molecule has 6 nitrogen and oxygen atoms in total. The average Bonchev–Trinajstić information content (AvgIpc) is 2.77. The van der Waals surface area contributed by atoms with Crippen molar-refractivity contribution in [1.29, 1.82) is 0 Å². The van der Waals surface area contributed by atoms with E-state index in [2.05, 4.69) is 0 Å². The third-order valence-corrected chi connectivity index (χ3v) is 7.99. The molecule has 0 aromatic rings. The van der Waals surface area contributed by atoms with E-state index in [0.29, 0.717) is 38.0 Å². The van der Waals surface area contributed by atoms with Crippen LogP contribution in [-0.4, -0.2) is 88.8 Å². The van der Waals surface area contributed by atoms with Gasteiger partial charge in [0.1, 0.15) is 18.4 Å². The highest BCUT2D eigenvalue weighted by Gasteiger charge is 2.40. The van der Waals surface area contributed by atoms with Gasteiger partial charge in [0.25, 0.3) is 0 Å². The van der Waals surface area contributed by atoms with Gasteiger partial charge in [-0.3, -0.25) is 4.90 Å². The van der Waals surface area contributed by atoms with Gasteiger partial charge in [0, 0.05) is 19.8 Å². The Morgan fingerprint density at radius 2 is 1.68 bits per heavy atom. The van der Waals surface area contributed by atoms with Gasteiger partial charge in [0.2, 0.25) is 0 Å². The van der Waals surface area contributed by atoms with Crippen LogP contribution >= 0.6 is 0 Å². The second kappa shape index (κ2) is 12.8. The first-order chi connectivity index (χ1) is 15.0. The van der Waals surface area contributed by atoms with Crippen LogP contribution in [0.3, 0.4) is 0 Å². The van der Waals surface area contributed by atoms with E-state index in [9.17, 15) is 24.8 Å². The highest BCUT2D eigenvalue weighted by molar-refractivity contribution is 4.94. The van der Waals surface area contributed by atoms with Crippen molar-refractivity contribution in [2.75, 3.05) is 32.9 Å². The molecule has 0 aromatic carbocycles. The summed E-state index contributed by atoms with van der Waals surface area (Å²) in [6.45, 7) is 2.00. The van der Waals surface area contributed by atoms with Crippen LogP contribution in [0.25, 0.3) is 0 Å². The van der Waals surface area contributed by atoms with Crippen LogP contribution in [0.1, 0.15) is 70.6 Å². The number of aliphatic hydroxyl groups is 4. The first-order valence-corrected chi connectivity index (χ1v) is 12.6. The van der Waals surface area contributed by atoms with Crippen LogP contribution in [0.5, 0.6) is 0 Å². The number of ether oxygens (including phenoxy) is 1. The fraction of sp³-hybridized carbons (Fsp3) is 1.00. The lowest BCUT2D eigenvalue weighted by molar-refractivity contribution is -0.145. The van der Waals surface area contributed by atoms with Gasteiger partial charge >= 0.3 is 0 Å². The Morgan fingerprint density at radius 1 is 0.903 bits per heavy atom. The number of alkyl halides is 1. The van der Waals surface area contributed by atoms with Crippen molar-refractivity contribution < 1.29 is 29.6 Å². The van der Waals surface area contributed by atoms with Crippen molar-refractivity contribution in [2.24, 2.45) is 17.8 Å². The standard InChI is InChI=1S/C24H44FNO5/c25-20-13-17(9-10-19(20)18-7-3-1-4-8-18)16-31-12-6-2-5-11-26-14-22(28)24(30)23(29)21(26)15-27/h17-24,27-30H,1-16H2/t17?,19?,20?,21-,22+,23-,24-/m1/s1. The number of hydrogen-bond acceptors (Lipinski definition) is 6. The molecule has 2 saturated carbocycles. The summed E-state index contributed by atoms with van der Waals surface area (Å²) in [5, 5.41) is 39.1. The molecule has 7 atom stereocenters. The van der Waals surface area contributed by atoms with E-state index in [1.165, 1.54) is 32.1 Å². The minimum atomic E-state index is -1.21. The number of β-amino-alcohol motifs (C(OH)–C–C–N with tert-alkyl or cyclic N) is 1. The Balaban J connectivity index is 1.24. The normalized spacial score (nSPS) is 38.4. The molecule has 0 radical (unpaired) electrons. The minimum absolute atomic E-state index is 0.243. The van der Waals surface area contributed by atoms with Crippen LogP contribution < -0.4 is 0 Å². The highest BCUT2D eigenvalue weighted by Crippen LogP contribution is 2.41. The summed E-state index contributed by atoms with van der Waals surface area (Å²) >= 11 is 0. The van der Waals surface area contributed by atoms with E-state index < -0.39 is 30.5 Å². The molecular weight excluding hydrogens is 401 g/mol. The first-order valence-electron chi connectivity index (χ1n) is 12.6. The molecule has 182 valence electrons. The number of aliphatic hydroxyl groups excluding tert-OH is 4. The number of rotatable bonds is 10. The Labute approximate surface area is 186 Å². The Hall–Kier alpha value is -0.310. The third-order valence-electron chi connectivity index (χ3n) is 7.99. The lowest BCUT2D eigenvalue weighted by atomic mass is 9.70. The zero-order valence-corrected chi connectivity index (χ0v) is 19.0. The molecule has 0 spiro atoms. The first kappa shape index (κ1) is 25.3. The fourth-order valence-corrected chi connectivity index (χ4v) is 6.05. The second-order valence-electron chi connectivity index (χ2n) is 10.2. The van der Waals surface area contributed by atoms with Gasteiger partial charge in [-0.1, -0.05) is 32.1 Å². The quantitative estimate of drug-likeness (QED) is 0.386. The Bertz CT molecular complexity index is 506. The second-order valence-corrected chi connectivity index (χ2v) is 10.2. The van der Waals surface area contributed by atoms with Gasteiger partial charge in [-0.25, -0.2) is 4.39 Å². The minimum Gasteiger partial charge on any atom is -0.395 e. The van der Waals surface area contributed by atoms with Crippen molar-refractivity contribution in [3.05, 3.63) is 0 Å². The monoisotopic (exact) mass is 445 g/mol. The molecule has 31 heavy (non-hydrogen) atoms. The van der Waals surface area contributed by atoms with Crippen LogP contribution in [0.15, 0.2) is 0 Å².